The number of carbonyl (C=O) groups excluding carboxylic acids is 1. The highest BCUT2D eigenvalue weighted by Crippen LogP contribution is 2.24. The van der Waals surface area contributed by atoms with Crippen molar-refractivity contribution in [2.75, 3.05) is 18.4 Å². The number of aryl methyl sites for hydroxylation is 1. The summed E-state index contributed by atoms with van der Waals surface area (Å²) < 4.78 is 34.8. The van der Waals surface area contributed by atoms with Gasteiger partial charge in [0.25, 0.3) is 5.91 Å². The summed E-state index contributed by atoms with van der Waals surface area (Å²) in [6.07, 6.45) is 5.31. The van der Waals surface area contributed by atoms with E-state index < -0.39 is 10.0 Å². The molecule has 1 amide bonds. The van der Waals surface area contributed by atoms with Gasteiger partial charge >= 0.3 is 0 Å². The van der Waals surface area contributed by atoms with Gasteiger partial charge in [0, 0.05) is 43.8 Å². The van der Waals surface area contributed by atoms with Gasteiger partial charge in [-0.3, -0.25) is 4.79 Å². The molecule has 2 aromatic carbocycles. The van der Waals surface area contributed by atoms with Crippen molar-refractivity contribution in [1.29, 1.82) is 0 Å². The number of carbonyl (C=O) groups is 1. The molecule has 0 radical (unpaired) electrons. The van der Waals surface area contributed by atoms with Crippen LogP contribution in [0.1, 0.15) is 35.9 Å². The van der Waals surface area contributed by atoms with Crippen LogP contribution >= 0.6 is 0 Å². The Bertz CT molecular complexity index is 1200. The largest absolute Gasteiger partial charge is 0.486 e. The van der Waals surface area contributed by atoms with Crippen molar-refractivity contribution in [1.82, 2.24) is 13.9 Å². The minimum atomic E-state index is -3.51. The van der Waals surface area contributed by atoms with Crippen LogP contribution in [-0.2, 0) is 23.7 Å². The van der Waals surface area contributed by atoms with E-state index in [4.69, 9.17) is 4.74 Å². The monoisotopic (exact) mass is 468 g/mol. The van der Waals surface area contributed by atoms with E-state index >= 15 is 0 Å². The summed E-state index contributed by atoms with van der Waals surface area (Å²) in [5.41, 5.74) is 1.000. The molecule has 2 heterocycles. The van der Waals surface area contributed by atoms with E-state index in [-0.39, 0.29) is 10.8 Å². The number of piperidine rings is 1. The lowest BCUT2D eigenvalue weighted by molar-refractivity contribution is 0.102. The van der Waals surface area contributed by atoms with Crippen molar-refractivity contribution < 1.29 is 17.9 Å². The van der Waals surface area contributed by atoms with Gasteiger partial charge in [-0.15, -0.1) is 0 Å². The molecule has 0 unspecified atom stereocenters. The molecule has 0 bridgehead atoms. The molecule has 3 aromatic rings. The second-order valence-corrected chi connectivity index (χ2v) is 10.3. The fraction of sp³-hybridized carbons (Fsp3) is 0.333. The Morgan fingerprint density at radius 3 is 2.36 bits per heavy atom. The summed E-state index contributed by atoms with van der Waals surface area (Å²) in [4.78, 5) is 17.0. The van der Waals surface area contributed by atoms with Crippen LogP contribution in [0.25, 0.3) is 0 Å². The predicted octanol–water partition coefficient (Wildman–Crippen LogP) is 3.67. The number of anilines is 1. The molecular formula is C24H28N4O4S. The number of rotatable bonds is 7. The summed E-state index contributed by atoms with van der Waals surface area (Å²) in [5.74, 6) is 1.70. The Morgan fingerprint density at radius 1 is 1.09 bits per heavy atom. The van der Waals surface area contributed by atoms with E-state index in [1.54, 1.807) is 42.6 Å². The van der Waals surface area contributed by atoms with Crippen LogP contribution in [0.15, 0.2) is 65.8 Å². The number of sulfonamides is 1. The third-order valence-corrected chi connectivity index (χ3v) is 7.81. The van der Waals surface area contributed by atoms with Gasteiger partial charge in [-0.25, -0.2) is 13.4 Å². The van der Waals surface area contributed by atoms with E-state index in [2.05, 4.69) is 17.2 Å². The van der Waals surface area contributed by atoms with Crippen LogP contribution in [0, 0.1) is 5.92 Å². The highest BCUT2D eigenvalue weighted by Gasteiger charge is 2.27. The smallest absolute Gasteiger partial charge is 0.255 e. The number of hydrogen-bond acceptors (Lipinski definition) is 5. The Kier molecular flexibility index (Phi) is 6.80. The summed E-state index contributed by atoms with van der Waals surface area (Å²) in [7, 11) is -1.61. The lowest BCUT2D eigenvalue weighted by atomic mass is 10.0. The van der Waals surface area contributed by atoms with Crippen LogP contribution in [0.3, 0.4) is 0 Å². The summed E-state index contributed by atoms with van der Waals surface area (Å²) in [6.45, 7) is 3.57. The van der Waals surface area contributed by atoms with Crippen molar-refractivity contribution in [3.63, 3.8) is 0 Å². The standard InChI is InChI=1S/C24H28N4O4S/c1-18-11-14-28(15-12-18)33(30,31)22-9-5-20(6-10-22)26-24(29)19-3-7-21(8-4-19)32-17-23-25-13-16-27(23)2/h3-10,13,16,18H,11-12,14-15,17H2,1-2H3,(H,26,29). The van der Waals surface area contributed by atoms with Crippen molar-refractivity contribution in [3.8, 4) is 5.75 Å². The van der Waals surface area contributed by atoms with Crippen LogP contribution in [0.5, 0.6) is 5.75 Å². The van der Waals surface area contributed by atoms with E-state index in [1.165, 1.54) is 16.4 Å². The molecular weight excluding hydrogens is 440 g/mol. The molecule has 174 valence electrons. The normalized spacial score (nSPS) is 15.3. The van der Waals surface area contributed by atoms with E-state index in [1.807, 2.05) is 17.8 Å². The Hall–Kier alpha value is -3.17. The van der Waals surface area contributed by atoms with Gasteiger partial charge in [0.15, 0.2) is 0 Å². The SMILES string of the molecule is CC1CCN(S(=O)(=O)c2ccc(NC(=O)c3ccc(OCc4nccn4C)cc3)cc2)CC1. The maximum atomic E-state index is 12.8. The van der Waals surface area contributed by atoms with E-state index in [9.17, 15) is 13.2 Å². The highest BCUT2D eigenvalue weighted by atomic mass is 32.2. The zero-order chi connectivity index (χ0) is 23.4. The topological polar surface area (TPSA) is 93.5 Å². The molecule has 0 spiro atoms. The number of hydrogen-bond donors (Lipinski definition) is 1. The van der Waals surface area contributed by atoms with Gasteiger partial charge in [0.2, 0.25) is 10.0 Å². The van der Waals surface area contributed by atoms with Crippen molar-refractivity contribution in [2.24, 2.45) is 13.0 Å². The van der Waals surface area contributed by atoms with Gasteiger partial charge in [0.05, 0.1) is 4.90 Å². The molecule has 0 saturated carbocycles. The predicted molar refractivity (Wildman–Crippen MR) is 126 cm³/mol. The number of imidazole rings is 1. The van der Waals surface area contributed by atoms with E-state index in [0.717, 1.165) is 18.7 Å². The first kappa shape index (κ1) is 23.0. The first-order valence-corrected chi connectivity index (χ1v) is 12.4. The zero-order valence-electron chi connectivity index (χ0n) is 18.8. The van der Waals surface area contributed by atoms with Gasteiger partial charge in [0.1, 0.15) is 18.2 Å². The Balaban J connectivity index is 1.35. The quantitative estimate of drug-likeness (QED) is 0.571. The van der Waals surface area contributed by atoms with Crippen LogP contribution in [-0.4, -0.2) is 41.3 Å². The van der Waals surface area contributed by atoms with Crippen LogP contribution in [0.4, 0.5) is 5.69 Å². The Labute approximate surface area is 194 Å². The van der Waals surface area contributed by atoms with E-state index in [0.29, 0.717) is 42.6 Å². The average Bonchev–Trinajstić information content (AvgIpc) is 3.23. The molecule has 1 aromatic heterocycles. The maximum Gasteiger partial charge on any atom is 0.255 e. The number of ether oxygens (including phenoxy) is 1. The molecule has 1 aliphatic heterocycles. The highest BCUT2D eigenvalue weighted by molar-refractivity contribution is 7.89. The molecule has 4 rings (SSSR count). The van der Waals surface area contributed by atoms with Gasteiger partial charge in [-0.05, 0) is 67.3 Å². The minimum Gasteiger partial charge on any atom is -0.486 e. The molecule has 8 nitrogen and oxygen atoms in total. The number of benzene rings is 2. The molecule has 1 saturated heterocycles. The lowest BCUT2D eigenvalue weighted by Crippen LogP contribution is -2.37. The lowest BCUT2D eigenvalue weighted by Gasteiger charge is -2.29. The third-order valence-electron chi connectivity index (χ3n) is 5.90. The average molecular weight is 469 g/mol. The molecule has 0 aliphatic carbocycles. The summed E-state index contributed by atoms with van der Waals surface area (Å²) >= 11 is 0. The number of nitrogens with one attached hydrogen (secondary N) is 1. The number of aromatic nitrogens is 2. The second kappa shape index (κ2) is 9.76. The molecule has 1 aliphatic rings. The molecule has 1 N–H and O–H groups in total. The zero-order valence-corrected chi connectivity index (χ0v) is 19.6. The summed E-state index contributed by atoms with van der Waals surface area (Å²) in [6, 6.07) is 13.1. The van der Waals surface area contributed by atoms with Gasteiger partial charge < -0.3 is 14.6 Å². The first-order chi connectivity index (χ1) is 15.8. The fourth-order valence-electron chi connectivity index (χ4n) is 3.67. The fourth-order valence-corrected chi connectivity index (χ4v) is 5.14. The maximum absolute atomic E-state index is 12.8. The van der Waals surface area contributed by atoms with Crippen molar-refractivity contribution >= 4 is 21.6 Å². The minimum absolute atomic E-state index is 0.240. The first-order valence-electron chi connectivity index (χ1n) is 10.9. The molecule has 33 heavy (non-hydrogen) atoms. The van der Waals surface area contributed by atoms with Crippen LogP contribution < -0.4 is 10.1 Å². The van der Waals surface area contributed by atoms with Crippen LogP contribution in [0.2, 0.25) is 0 Å². The molecule has 1 fully saturated rings. The van der Waals surface area contributed by atoms with Crippen molar-refractivity contribution in [3.05, 3.63) is 72.3 Å². The second-order valence-electron chi connectivity index (χ2n) is 8.33. The third kappa shape index (κ3) is 5.43. The summed E-state index contributed by atoms with van der Waals surface area (Å²) in [5, 5.41) is 2.80. The number of amides is 1. The molecule has 9 heteroatoms. The molecule has 0 atom stereocenters. The van der Waals surface area contributed by atoms with Gasteiger partial charge in [-0.1, -0.05) is 6.92 Å². The Morgan fingerprint density at radius 2 is 1.76 bits per heavy atom. The van der Waals surface area contributed by atoms with Gasteiger partial charge in [-0.2, -0.15) is 4.31 Å². The van der Waals surface area contributed by atoms with Crippen molar-refractivity contribution in [2.45, 2.75) is 31.3 Å². The number of nitrogens with zero attached hydrogens (tertiary/aromatic N) is 3.